The summed E-state index contributed by atoms with van der Waals surface area (Å²) in [4.78, 5) is 41.2. The van der Waals surface area contributed by atoms with Gasteiger partial charge in [0.25, 0.3) is 5.56 Å². The molecule has 0 atom stereocenters. The number of carbonyl (C=O) groups is 2. The van der Waals surface area contributed by atoms with Gasteiger partial charge in [-0.15, -0.1) is 11.3 Å². The Morgan fingerprint density at radius 2 is 1.96 bits per heavy atom. The van der Waals surface area contributed by atoms with Gasteiger partial charge in [0.15, 0.2) is 10.9 Å². The summed E-state index contributed by atoms with van der Waals surface area (Å²) in [6.07, 6.45) is 0.400. The molecular formula is C18H17N3O3S2. The molecule has 0 spiro atoms. The highest BCUT2D eigenvalue weighted by molar-refractivity contribution is 7.99. The summed E-state index contributed by atoms with van der Waals surface area (Å²) in [5, 5.41) is 5.69. The van der Waals surface area contributed by atoms with Gasteiger partial charge in [0, 0.05) is 24.7 Å². The van der Waals surface area contributed by atoms with Crippen molar-refractivity contribution in [3.63, 3.8) is 0 Å². The molecule has 1 amide bonds. The van der Waals surface area contributed by atoms with Gasteiger partial charge in [-0.25, -0.2) is 4.98 Å². The van der Waals surface area contributed by atoms with E-state index in [4.69, 9.17) is 0 Å². The number of anilines is 1. The normalized spacial score (nSPS) is 10.8. The summed E-state index contributed by atoms with van der Waals surface area (Å²) in [5.41, 5.74) is 1.10. The van der Waals surface area contributed by atoms with E-state index < -0.39 is 0 Å². The number of carbonyl (C=O) groups excluding carboxylic acids is 2. The fourth-order valence-electron chi connectivity index (χ4n) is 2.31. The van der Waals surface area contributed by atoms with E-state index in [1.54, 1.807) is 44.3 Å². The molecule has 6 nitrogen and oxygen atoms in total. The summed E-state index contributed by atoms with van der Waals surface area (Å²) in [6, 6.07) is 8.54. The second-order valence-corrected chi connectivity index (χ2v) is 7.43. The van der Waals surface area contributed by atoms with Crippen molar-refractivity contribution >= 4 is 50.7 Å². The van der Waals surface area contributed by atoms with Crippen LogP contribution in [0, 0.1) is 0 Å². The average molecular weight is 387 g/mol. The van der Waals surface area contributed by atoms with Crippen LogP contribution in [-0.4, -0.2) is 27.0 Å². The smallest absolute Gasteiger partial charge is 0.262 e. The minimum Gasteiger partial charge on any atom is -0.326 e. The van der Waals surface area contributed by atoms with Crippen molar-refractivity contribution in [2.75, 3.05) is 11.1 Å². The molecule has 0 unspecified atom stereocenters. The fourth-order valence-corrected chi connectivity index (χ4v) is 3.98. The van der Waals surface area contributed by atoms with Crippen molar-refractivity contribution in [2.45, 2.75) is 18.5 Å². The van der Waals surface area contributed by atoms with E-state index in [0.717, 1.165) is 0 Å². The van der Waals surface area contributed by atoms with E-state index in [1.165, 1.54) is 27.7 Å². The van der Waals surface area contributed by atoms with Gasteiger partial charge in [0.2, 0.25) is 5.91 Å². The number of nitrogens with one attached hydrogen (secondary N) is 1. The minimum absolute atomic E-state index is 0.0658. The maximum atomic E-state index is 12.4. The largest absolute Gasteiger partial charge is 0.326 e. The van der Waals surface area contributed by atoms with Crippen LogP contribution in [0.2, 0.25) is 0 Å². The zero-order chi connectivity index (χ0) is 18.7. The third kappa shape index (κ3) is 3.86. The van der Waals surface area contributed by atoms with Crippen LogP contribution in [0.1, 0.15) is 23.7 Å². The summed E-state index contributed by atoms with van der Waals surface area (Å²) in [7, 11) is 1.66. The molecule has 134 valence electrons. The first-order valence-corrected chi connectivity index (χ1v) is 9.86. The first-order valence-electron chi connectivity index (χ1n) is 7.99. The summed E-state index contributed by atoms with van der Waals surface area (Å²) in [6.45, 7) is 1.78. The van der Waals surface area contributed by atoms with Crippen molar-refractivity contribution in [2.24, 2.45) is 7.05 Å². The molecule has 2 heterocycles. The Bertz CT molecular complexity index is 1020. The number of amides is 1. The highest BCUT2D eigenvalue weighted by Crippen LogP contribution is 2.21. The minimum atomic E-state index is -0.109. The molecule has 3 rings (SSSR count). The lowest BCUT2D eigenvalue weighted by Gasteiger charge is -2.07. The van der Waals surface area contributed by atoms with Crippen LogP contribution in [0.3, 0.4) is 0 Å². The lowest BCUT2D eigenvalue weighted by Crippen LogP contribution is -2.19. The average Bonchev–Trinajstić information content (AvgIpc) is 3.12. The highest BCUT2D eigenvalue weighted by Gasteiger charge is 2.13. The molecule has 0 aliphatic carbocycles. The molecule has 0 radical (unpaired) electrons. The molecule has 8 heteroatoms. The lowest BCUT2D eigenvalue weighted by molar-refractivity contribution is -0.115. The Labute approximate surface area is 158 Å². The van der Waals surface area contributed by atoms with Gasteiger partial charge in [0.05, 0.1) is 11.1 Å². The topological polar surface area (TPSA) is 81.1 Å². The van der Waals surface area contributed by atoms with Crippen molar-refractivity contribution in [3.05, 3.63) is 51.6 Å². The van der Waals surface area contributed by atoms with Crippen LogP contribution >= 0.6 is 23.1 Å². The van der Waals surface area contributed by atoms with Gasteiger partial charge < -0.3 is 5.32 Å². The zero-order valence-electron chi connectivity index (χ0n) is 14.3. The number of hydrogen-bond acceptors (Lipinski definition) is 6. The van der Waals surface area contributed by atoms with Crippen LogP contribution in [0.5, 0.6) is 0 Å². The first-order chi connectivity index (χ1) is 12.5. The lowest BCUT2D eigenvalue weighted by atomic mass is 10.1. The van der Waals surface area contributed by atoms with Crippen LogP contribution in [0.15, 0.2) is 45.7 Å². The number of hydrogen-bond donors (Lipinski definition) is 1. The Hall–Kier alpha value is -2.45. The molecule has 1 aromatic carbocycles. The number of benzene rings is 1. The van der Waals surface area contributed by atoms with Gasteiger partial charge in [-0.2, -0.15) is 0 Å². The molecule has 0 aliphatic heterocycles. The molecular weight excluding hydrogens is 370 g/mol. The second kappa shape index (κ2) is 7.84. The number of thiophene rings is 1. The SMILES string of the molecule is CCC(=O)Nc1ccc(C(=O)CSc2nc3sccc3c(=O)n2C)cc1. The van der Waals surface area contributed by atoms with Gasteiger partial charge >= 0.3 is 0 Å². The third-order valence-corrected chi connectivity index (χ3v) is 5.64. The Morgan fingerprint density at radius 3 is 2.65 bits per heavy atom. The molecule has 1 N–H and O–H groups in total. The van der Waals surface area contributed by atoms with E-state index >= 15 is 0 Å². The highest BCUT2D eigenvalue weighted by atomic mass is 32.2. The molecule has 26 heavy (non-hydrogen) atoms. The standard InChI is InChI=1S/C18H17N3O3S2/c1-3-15(23)19-12-6-4-11(5-7-12)14(22)10-26-18-20-16-13(8-9-25-16)17(24)21(18)2/h4-9H,3,10H2,1-2H3,(H,19,23). The van der Waals surface area contributed by atoms with E-state index in [2.05, 4.69) is 10.3 Å². The van der Waals surface area contributed by atoms with E-state index in [1.807, 2.05) is 5.38 Å². The van der Waals surface area contributed by atoms with E-state index in [0.29, 0.717) is 33.0 Å². The number of nitrogens with zero attached hydrogens (tertiary/aromatic N) is 2. The molecule has 0 saturated carbocycles. The predicted octanol–water partition coefficient (Wildman–Crippen LogP) is 3.32. The summed E-state index contributed by atoms with van der Waals surface area (Å²) in [5.74, 6) is 0.0390. The molecule has 0 saturated heterocycles. The number of rotatable bonds is 6. The van der Waals surface area contributed by atoms with Gasteiger partial charge in [-0.05, 0) is 35.7 Å². The van der Waals surface area contributed by atoms with Gasteiger partial charge in [0.1, 0.15) is 4.83 Å². The number of aromatic nitrogens is 2. The number of Topliss-reactive ketones (excluding diaryl/α,β-unsaturated/α-hetero) is 1. The zero-order valence-corrected chi connectivity index (χ0v) is 15.9. The molecule has 0 fully saturated rings. The van der Waals surface area contributed by atoms with Crippen LogP contribution < -0.4 is 10.9 Å². The van der Waals surface area contributed by atoms with Crippen LogP contribution in [0.4, 0.5) is 5.69 Å². The maximum Gasteiger partial charge on any atom is 0.262 e. The molecule has 0 aliphatic rings. The van der Waals surface area contributed by atoms with Crippen molar-refractivity contribution < 1.29 is 9.59 Å². The number of fused-ring (bicyclic) bond motifs is 1. The van der Waals surface area contributed by atoms with E-state index in [-0.39, 0.29) is 23.0 Å². The maximum absolute atomic E-state index is 12.4. The molecule has 2 aromatic heterocycles. The molecule has 3 aromatic rings. The van der Waals surface area contributed by atoms with Crippen molar-refractivity contribution in [1.29, 1.82) is 0 Å². The first kappa shape index (κ1) is 18.3. The van der Waals surface area contributed by atoms with Crippen molar-refractivity contribution in [1.82, 2.24) is 9.55 Å². The second-order valence-electron chi connectivity index (χ2n) is 5.59. The Balaban J connectivity index is 1.70. The quantitative estimate of drug-likeness (QED) is 0.399. The van der Waals surface area contributed by atoms with Gasteiger partial charge in [-0.3, -0.25) is 19.0 Å². The summed E-state index contributed by atoms with van der Waals surface area (Å²) < 4.78 is 1.47. The number of ketones is 1. The fraction of sp³-hybridized carbons (Fsp3) is 0.222. The van der Waals surface area contributed by atoms with Gasteiger partial charge in [-0.1, -0.05) is 18.7 Å². The molecule has 0 bridgehead atoms. The third-order valence-electron chi connectivity index (χ3n) is 3.81. The Morgan fingerprint density at radius 1 is 1.23 bits per heavy atom. The van der Waals surface area contributed by atoms with Crippen molar-refractivity contribution in [3.8, 4) is 0 Å². The van der Waals surface area contributed by atoms with E-state index in [9.17, 15) is 14.4 Å². The Kier molecular flexibility index (Phi) is 5.53. The predicted molar refractivity (Wildman–Crippen MR) is 105 cm³/mol. The summed E-state index contributed by atoms with van der Waals surface area (Å²) >= 11 is 2.65. The van der Waals surface area contributed by atoms with Crippen LogP contribution in [0.25, 0.3) is 10.2 Å². The monoisotopic (exact) mass is 387 g/mol. The number of thioether (sulfide) groups is 1. The van der Waals surface area contributed by atoms with Crippen LogP contribution in [-0.2, 0) is 11.8 Å².